The van der Waals surface area contributed by atoms with E-state index in [0.29, 0.717) is 64.7 Å². The number of ether oxygens (including phenoxy) is 3. The van der Waals surface area contributed by atoms with Gasteiger partial charge in [0.1, 0.15) is 11.5 Å². The number of benzene rings is 2. The van der Waals surface area contributed by atoms with E-state index in [-0.39, 0.29) is 23.4 Å². The number of methoxy groups -OCH3 is 1. The number of aromatic nitrogens is 1. The molecule has 5 rings (SSSR count). The Morgan fingerprint density at radius 2 is 1.91 bits per heavy atom. The number of fused-ring (bicyclic) bond motifs is 1. The Morgan fingerprint density at radius 1 is 1.14 bits per heavy atom. The van der Waals surface area contributed by atoms with Crippen LogP contribution in [0.4, 0.5) is 5.69 Å². The molecular weight excluding hydrogens is 722 g/mol. The molecule has 0 radical (unpaired) electrons. The molecule has 4 aromatic rings. The topological polar surface area (TPSA) is 135 Å². The van der Waals surface area contributed by atoms with Gasteiger partial charge in [-0.25, -0.2) is 9.79 Å². The van der Waals surface area contributed by atoms with Gasteiger partial charge in [-0.15, -0.1) is 0 Å². The van der Waals surface area contributed by atoms with Crippen LogP contribution in [-0.2, 0) is 9.53 Å². The number of non-ortho nitro benzene ring substituents is 1. The molecule has 1 atom stereocenters. The van der Waals surface area contributed by atoms with E-state index in [9.17, 15) is 19.7 Å². The lowest BCUT2D eigenvalue weighted by atomic mass is 9.95. The first-order valence-corrected chi connectivity index (χ1v) is 15.7. The summed E-state index contributed by atoms with van der Waals surface area (Å²) < 4.78 is 25.6. The van der Waals surface area contributed by atoms with E-state index in [4.69, 9.17) is 18.6 Å². The van der Waals surface area contributed by atoms with Crippen LogP contribution >= 0.6 is 43.2 Å². The zero-order valence-electron chi connectivity index (χ0n) is 23.9. The summed E-state index contributed by atoms with van der Waals surface area (Å²) in [5.41, 5.74) is 1.39. The number of allylic oxidation sites excluding steroid dienone is 1. The van der Waals surface area contributed by atoms with E-state index in [2.05, 4.69) is 36.9 Å². The Morgan fingerprint density at radius 3 is 2.57 bits per heavy atom. The zero-order chi connectivity index (χ0) is 31.7. The van der Waals surface area contributed by atoms with Gasteiger partial charge in [-0.2, -0.15) is 0 Å². The Balaban J connectivity index is 1.65. The summed E-state index contributed by atoms with van der Waals surface area (Å²) in [4.78, 5) is 42.9. The zero-order valence-corrected chi connectivity index (χ0v) is 27.9. The maximum Gasteiger partial charge on any atom is 0.338 e. The van der Waals surface area contributed by atoms with Gasteiger partial charge in [0.15, 0.2) is 16.3 Å². The molecule has 44 heavy (non-hydrogen) atoms. The number of nitrogens with zero attached hydrogens (tertiary/aromatic N) is 3. The largest absolute Gasteiger partial charge is 0.493 e. The lowest BCUT2D eigenvalue weighted by Gasteiger charge is -2.26. The number of carbonyl (C=O) groups is 1. The number of halogens is 2. The van der Waals surface area contributed by atoms with Crippen molar-refractivity contribution in [2.24, 2.45) is 4.99 Å². The summed E-state index contributed by atoms with van der Waals surface area (Å²) in [6, 6.07) is 10.4. The van der Waals surface area contributed by atoms with Gasteiger partial charge >= 0.3 is 5.97 Å². The van der Waals surface area contributed by atoms with Gasteiger partial charge < -0.3 is 18.6 Å². The van der Waals surface area contributed by atoms with Crippen LogP contribution in [0.3, 0.4) is 0 Å². The second-order valence-corrected chi connectivity index (χ2v) is 12.1. The minimum atomic E-state index is -0.880. The fourth-order valence-corrected chi connectivity index (χ4v) is 6.92. The maximum absolute atomic E-state index is 14.0. The van der Waals surface area contributed by atoms with E-state index in [1.807, 2.05) is 6.92 Å². The van der Waals surface area contributed by atoms with Crippen molar-refractivity contribution in [1.29, 1.82) is 0 Å². The van der Waals surface area contributed by atoms with Crippen LogP contribution in [0.2, 0.25) is 0 Å². The molecule has 0 spiro atoms. The van der Waals surface area contributed by atoms with E-state index in [1.165, 1.54) is 23.8 Å². The molecule has 0 bridgehead atoms. The quantitative estimate of drug-likeness (QED) is 0.117. The molecule has 1 aliphatic heterocycles. The molecule has 0 N–H and O–H groups in total. The van der Waals surface area contributed by atoms with E-state index >= 15 is 0 Å². The third-order valence-corrected chi connectivity index (χ3v) is 9.05. The standard InChI is InChI=1S/C30H25Br2N3O8S/c1-5-41-24-14-21(32)19(13-23(24)40-4)27-26(29(37)42-6-2)15(3)33-30-34(27)28(36)25(44-30)12-17-8-10-22(43-17)18-9-7-16(35(38)39)11-20(18)31/h7-14,27H,5-6H2,1-4H3/b25-12+/t27-/m1/s1. The van der Waals surface area contributed by atoms with E-state index < -0.39 is 16.9 Å². The van der Waals surface area contributed by atoms with Crippen molar-refractivity contribution < 1.29 is 28.3 Å². The minimum Gasteiger partial charge on any atom is -0.493 e. The second kappa shape index (κ2) is 12.9. The van der Waals surface area contributed by atoms with E-state index in [0.717, 1.165) is 11.3 Å². The average molecular weight is 747 g/mol. The number of esters is 1. The average Bonchev–Trinajstić information content (AvgIpc) is 3.56. The van der Waals surface area contributed by atoms with Gasteiger partial charge in [-0.05, 0) is 72.6 Å². The summed E-state index contributed by atoms with van der Waals surface area (Å²) in [5.74, 6) is 1.19. The molecule has 1 aliphatic rings. The van der Waals surface area contributed by atoms with Gasteiger partial charge in [-0.3, -0.25) is 19.5 Å². The molecular formula is C30H25Br2N3O8S. The molecule has 0 saturated carbocycles. The minimum absolute atomic E-state index is 0.0580. The highest BCUT2D eigenvalue weighted by Gasteiger charge is 2.35. The summed E-state index contributed by atoms with van der Waals surface area (Å²) >= 11 is 8.14. The Bertz CT molecular complexity index is 2010. The molecule has 0 saturated heterocycles. The summed E-state index contributed by atoms with van der Waals surface area (Å²) in [5, 5.41) is 11.1. The SMILES string of the molecule is CCOC(=O)C1=C(C)N=c2s/c(=C/c3ccc(-c4ccc([N+](=O)[O-])cc4Br)o3)c(=O)n2[C@@H]1c1cc(OC)c(OCC)cc1Br. The van der Waals surface area contributed by atoms with Gasteiger partial charge in [0, 0.05) is 32.7 Å². The van der Waals surface area contributed by atoms with Crippen LogP contribution < -0.4 is 24.4 Å². The predicted molar refractivity (Wildman–Crippen MR) is 171 cm³/mol. The van der Waals surface area contributed by atoms with Crippen LogP contribution in [0.25, 0.3) is 17.4 Å². The number of furan rings is 1. The highest BCUT2D eigenvalue weighted by atomic mass is 79.9. The first-order chi connectivity index (χ1) is 21.1. The van der Waals surface area contributed by atoms with Crippen molar-refractivity contribution in [3.63, 3.8) is 0 Å². The molecule has 0 aliphatic carbocycles. The first kappa shape index (κ1) is 31.4. The predicted octanol–water partition coefficient (Wildman–Crippen LogP) is 5.90. The van der Waals surface area contributed by atoms with Crippen LogP contribution in [0, 0.1) is 10.1 Å². The van der Waals surface area contributed by atoms with Crippen LogP contribution in [-0.4, -0.2) is 35.8 Å². The van der Waals surface area contributed by atoms with Crippen molar-refractivity contribution >= 4 is 60.9 Å². The van der Waals surface area contributed by atoms with Crippen LogP contribution in [0.1, 0.15) is 38.1 Å². The Kier molecular flexibility index (Phi) is 9.23. The highest BCUT2D eigenvalue weighted by Crippen LogP contribution is 2.41. The second-order valence-electron chi connectivity index (χ2n) is 9.38. The lowest BCUT2D eigenvalue weighted by molar-refractivity contribution is -0.384. The van der Waals surface area contributed by atoms with Gasteiger partial charge in [0.25, 0.3) is 11.2 Å². The number of thiazole rings is 1. The van der Waals surface area contributed by atoms with Crippen molar-refractivity contribution in [2.75, 3.05) is 20.3 Å². The first-order valence-electron chi connectivity index (χ1n) is 13.3. The van der Waals surface area contributed by atoms with Gasteiger partial charge in [0.2, 0.25) is 0 Å². The maximum atomic E-state index is 14.0. The summed E-state index contributed by atoms with van der Waals surface area (Å²) in [7, 11) is 1.52. The Labute approximate surface area is 271 Å². The van der Waals surface area contributed by atoms with Crippen molar-refractivity contribution in [3.8, 4) is 22.8 Å². The Hall–Kier alpha value is -4.01. The van der Waals surface area contributed by atoms with Crippen LogP contribution in [0.15, 0.2) is 76.9 Å². The number of hydrogen-bond donors (Lipinski definition) is 0. The third-order valence-electron chi connectivity index (χ3n) is 6.72. The number of hydrogen-bond acceptors (Lipinski definition) is 10. The third kappa shape index (κ3) is 5.88. The van der Waals surface area contributed by atoms with Crippen molar-refractivity contribution in [1.82, 2.24) is 4.57 Å². The number of nitro groups is 1. The lowest BCUT2D eigenvalue weighted by Crippen LogP contribution is -2.40. The molecule has 14 heteroatoms. The van der Waals surface area contributed by atoms with Crippen LogP contribution in [0.5, 0.6) is 11.5 Å². The van der Waals surface area contributed by atoms with Gasteiger partial charge in [0.05, 0.1) is 47.1 Å². The van der Waals surface area contributed by atoms with Crippen molar-refractivity contribution in [3.05, 3.63) is 104 Å². The molecule has 3 heterocycles. The fraction of sp³-hybridized carbons (Fsp3) is 0.233. The molecule has 228 valence electrons. The monoisotopic (exact) mass is 745 g/mol. The fourth-order valence-electron chi connectivity index (χ4n) is 4.80. The van der Waals surface area contributed by atoms with Gasteiger partial charge in [-0.1, -0.05) is 27.3 Å². The van der Waals surface area contributed by atoms with E-state index in [1.54, 1.807) is 50.3 Å². The summed E-state index contributed by atoms with van der Waals surface area (Å²) in [6.07, 6.45) is 1.60. The molecule has 2 aromatic carbocycles. The number of rotatable bonds is 9. The number of carbonyl (C=O) groups excluding carboxylic acids is 1. The molecule has 0 fully saturated rings. The molecule has 11 nitrogen and oxygen atoms in total. The smallest absolute Gasteiger partial charge is 0.338 e. The number of nitro benzene ring substituents is 1. The normalized spacial score (nSPS) is 14.7. The highest BCUT2D eigenvalue weighted by molar-refractivity contribution is 9.10. The molecule has 0 amide bonds. The van der Waals surface area contributed by atoms with Crippen molar-refractivity contribution in [2.45, 2.75) is 26.8 Å². The summed E-state index contributed by atoms with van der Waals surface area (Å²) in [6.45, 7) is 5.83. The molecule has 2 aromatic heterocycles. The molecule has 0 unspecified atom stereocenters.